The molecule has 1 saturated heterocycles. The second-order valence-corrected chi connectivity index (χ2v) is 1.87. The fraction of sp³-hybridized carbons (Fsp3) is 1.00. The van der Waals surface area contributed by atoms with E-state index in [2.05, 4.69) is 5.32 Å². The van der Waals surface area contributed by atoms with Gasteiger partial charge in [0.1, 0.15) is 0 Å². The topological polar surface area (TPSA) is 48.0 Å². The fourth-order valence-corrected chi connectivity index (χ4v) is 0.440. The molecule has 1 rings (SSSR count). The first-order valence-electron chi connectivity index (χ1n) is 2.29. The van der Waals surface area contributed by atoms with Crippen molar-refractivity contribution in [1.82, 2.24) is 5.32 Å². The van der Waals surface area contributed by atoms with Gasteiger partial charge in [-0.1, -0.05) is 0 Å². The number of hydrogen-bond acceptors (Lipinski definition) is 2. The van der Waals surface area contributed by atoms with Crippen LogP contribution in [0.15, 0.2) is 0 Å². The molecule has 0 aromatic heterocycles. The molecule has 2 heteroatoms. The molecule has 0 aromatic carbocycles. The molecule has 0 radical (unpaired) electrons. The number of hydrogen-bond donors (Lipinski definition) is 2. The Kier molecular flexibility index (Phi) is 0.821. The molecular weight excluding hydrogens is 76.1 g/mol. The summed E-state index contributed by atoms with van der Waals surface area (Å²) < 4.78 is 0. The molecular formula is C4H10N2. The summed E-state index contributed by atoms with van der Waals surface area (Å²) in [6.07, 6.45) is 0. The molecule has 1 fully saturated rings. The smallest absolute Gasteiger partial charge is 0.0342 e. The van der Waals surface area contributed by atoms with Crippen molar-refractivity contribution in [3.05, 3.63) is 0 Å². The lowest BCUT2D eigenvalue weighted by Gasteiger charge is -1.94. The third-order valence-electron chi connectivity index (χ3n) is 1.07. The molecule has 2 nitrogen and oxygen atoms in total. The molecule has 6 heavy (non-hydrogen) atoms. The van der Waals surface area contributed by atoms with E-state index in [1.807, 2.05) is 6.92 Å². The summed E-state index contributed by atoms with van der Waals surface area (Å²) in [6, 6.07) is 0.981. The molecule has 1 heterocycles. The van der Waals surface area contributed by atoms with Crippen molar-refractivity contribution in [3.8, 4) is 0 Å². The Morgan fingerprint density at radius 1 is 2.00 bits per heavy atom. The lowest BCUT2D eigenvalue weighted by Crippen LogP contribution is -2.23. The highest BCUT2D eigenvalue weighted by atomic mass is 15.1. The van der Waals surface area contributed by atoms with Crippen LogP contribution in [0.5, 0.6) is 0 Å². The molecule has 3 N–H and O–H groups in total. The number of nitrogens with one attached hydrogen (secondary N) is 1. The van der Waals surface area contributed by atoms with Gasteiger partial charge in [0.25, 0.3) is 0 Å². The Morgan fingerprint density at radius 2 is 2.50 bits per heavy atom. The van der Waals surface area contributed by atoms with E-state index in [0.717, 1.165) is 6.54 Å². The van der Waals surface area contributed by atoms with Crippen molar-refractivity contribution >= 4 is 0 Å². The van der Waals surface area contributed by atoms with Crippen LogP contribution in [0.4, 0.5) is 0 Å². The Labute approximate surface area is 37.7 Å². The van der Waals surface area contributed by atoms with Gasteiger partial charge in [0.05, 0.1) is 0 Å². The van der Waals surface area contributed by atoms with Crippen molar-refractivity contribution in [2.24, 2.45) is 5.73 Å². The van der Waals surface area contributed by atoms with Crippen LogP contribution in [0.3, 0.4) is 0 Å². The normalized spacial score (nSPS) is 36.0. The maximum absolute atomic E-state index is 5.44. The lowest BCUT2D eigenvalue weighted by molar-refractivity contribution is 0.722. The summed E-state index contributed by atoms with van der Waals surface area (Å²) in [4.78, 5) is 0. The minimum atomic E-state index is 0.352. The molecule has 0 spiro atoms. The highest BCUT2D eigenvalue weighted by molar-refractivity contribution is 4.89. The van der Waals surface area contributed by atoms with Crippen LogP contribution in [-0.4, -0.2) is 18.6 Å². The van der Waals surface area contributed by atoms with Gasteiger partial charge in [0, 0.05) is 18.6 Å². The first-order chi connectivity index (χ1) is 2.80. The molecule has 0 aromatic rings. The molecule has 2 unspecified atom stereocenters. The van der Waals surface area contributed by atoms with Gasteiger partial charge in [-0.05, 0) is 6.92 Å². The van der Waals surface area contributed by atoms with Crippen molar-refractivity contribution in [2.45, 2.75) is 19.0 Å². The Balaban J connectivity index is 2.13. The second-order valence-electron chi connectivity index (χ2n) is 1.87. The zero-order chi connectivity index (χ0) is 4.57. The third-order valence-corrected chi connectivity index (χ3v) is 1.07. The Bertz CT molecular complexity index is 47.5. The Hall–Kier alpha value is -0.0800. The first kappa shape index (κ1) is 4.09. The average Bonchev–Trinajstić information content (AvgIpc) is 2.06. The van der Waals surface area contributed by atoms with Crippen molar-refractivity contribution in [3.63, 3.8) is 0 Å². The summed E-state index contributed by atoms with van der Waals surface area (Å²) >= 11 is 0. The van der Waals surface area contributed by atoms with Gasteiger partial charge >= 0.3 is 0 Å². The highest BCUT2D eigenvalue weighted by Crippen LogP contribution is 1.98. The van der Waals surface area contributed by atoms with E-state index in [-0.39, 0.29) is 0 Å². The Morgan fingerprint density at radius 3 is 2.50 bits per heavy atom. The predicted molar refractivity (Wildman–Crippen MR) is 25.4 cm³/mol. The molecule has 36 valence electrons. The van der Waals surface area contributed by atoms with Crippen LogP contribution < -0.4 is 11.1 Å². The molecule has 0 amide bonds. The summed E-state index contributed by atoms with van der Waals surface area (Å²) in [6.45, 7) is 3.14. The SMILES string of the molecule is CC(N)C1CN1. The van der Waals surface area contributed by atoms with Crippen LogP contribution in [-0.2, 0) is 0 Å². The number of rotatable bonds is 1. The standard InChI is InChI=1S/C4H10N2/c1-3(5)4-2-6-4/h3-4,6H,2,5H2,1H3. The number of nitrogens with two attached hydrogens (primary N) is 1. The maximum Gasteiger partial charge on any atom is 0.0342 e. The summed E-state index contributed by atoms with van der Waals surface area (Å²) in [7, 11) is 0. The van der Waals surface area contributed by atoms with Crippen LogP contribution in [0.1, 0.15) is 6.92 Å². The minimum absolute atomic E-state index is 0.352. The van der Waals surface area contributed by atoms with Gasteiger partial charge in [0.15, 0.2) is 0 Å². The van der Waals surface area contributed by atoms with E-state index in [9.17, 15) is 0 Å². The quantitative estimate of drug-likeness (QED) is 0.415. The maximum atomic E-state index is 5.44. The van der Waals surface area contributed by atoms with Crippen molar-refractivity contribution < 1.29 is 0 Å². The first-order valence-corrected chi connectivity index (χ1v) is 2.29. The summed E-state index contributed by atoms with van der Waals surface area (Å²) in [5.74, 6) is 0. The van der Waals surface area contributed by atoms with E-state index in [4.69, 9.17) is 5.73 Å². The van der Waals surface area contributed by atoms with E-state index in [1.54, 1.807) is 0 Å². The second kappa shape index (κ2) is 1.21. The van der Waals surface area contributed by atoms with E-state index < -0.39 is 0 Å². The van der Waals surface area contributed by atoms with Crippen molar-refractivity contribution in [1.29, 1.82) is 0 Å². The monoisotopic (exact) mass is 86.1 g/mol. The summed E-state index contributed by atoms with van der Waals surface area (Å²) in [5.41, 5.74) is 5.44. The zero-order valence-electron chi connectivity index (χ0n) is 3.94. The van der Waals surface area contributed by atoms with E-state index in [0.29, 0.717) is 12.1 Å². The van der Waals surface area contributed by atoms with Crippen LogP contribution in [0.2, 0.25) is 0 Å². The van der Waals surface area contributed by atoms with Gasteiger partial charge in [-0.25, -0.2) is 0 Å². The van der Waals surface area contributed by atoms with E-state index >= 15 is 0 Å². The zero-order valence-corrected chi connectivity index (χ0v) is 3.94. The van der Waals surface area contributed by atoms with Gasteiger partial charge < -0.3 is 11.1 Å². The predicted octanol–water partition coefficient (Wildman–Crippen LogP) is -0.695. The molecule has 0 saturated carbocycles. The van der Waals surface area contributed by atoms with Gasteiger partial charge in [-0.2, -0.15) is 0 Å². The van der Waals surface area contributed by atoms with Crippen LogP contribution in [0.25, 0.3) is 0 Å². The third kappa shape index (κ3) is 0.698. The van der Waals surface area contributed by atoms with Crippen LogP contribution in [0, 0.1) is 0 Å². The average molecular weight is 86.1 g/mol. The molecule has 1 aliphatic rings. The van der Waals surface area contributed by atoms with Gasteiger partial charge in [-0.3, -0.25) is 0 Å². The van der Waals surface area contributed by atoms with Crippen LogP contribution >= 0.6 is 0 Å². The van der Waals surface area contributed by atoms with E-state index in [1.165, 1.54) is 0 Å². The highest BCUT2D eigenvalue weighted by Gasteiger charge is 2.23. The molecule has 2 atom stereocenters. The molecule has 1 aliphatic heterocycles. The van der Waals surface area contributed by atoms with Crippen molar-refractivity contribution in [2.75, 3.05) is 6.54 Å². The van der Waals surface area contributed by atoms with Gasteiger partial charge in [0.2, 0.25) is 0 Å². The van der Waals surface area contributed by atoms with Gasteiger partial charge in [-0.15, -0.1) is 0 Å². The minimum Gasteiger partial charge on any atom is -0.326 e. The summed E-state index contributed by atoms with van der Waals surface area (Å²) in [5, 5.41) is 3.11. The molecule has 0 aliphatic carbocycles. The fourth-order valence-electron chi connectivity index (χ4n) is 0.440. The largest absolute Gasteiger partial charge is 0.326 e. The molecule has 0 bridgehead atoms. The lowest BCUT2D eigenvalue weighted by atomic mass is 10.3.